The summed E-state index contributed by atoms with van der Waals surface area (Å²) in [4.78, 5) is 11.6. The molecule has 2 N–H and O–H groups in total. The normalized spacial score (nSPS) is 28.8. The zero-order valence-electron chi connectivity index (χ0n) is 8.29. The Morgan fingerprint density at radius 1 is 1.57 bits per heavy atom. The van der Waals surface area contributed by atoms with E-state index in [2.05, 4.69) is 5.32 Å². The van der Waals surface area contributed by atoms with Gasteiger partial charge in [-0.1, -0.05) is 0 Å². The van der Waals surface area contributed by atoms with Gasteiger partial charge >= 0.3 is 0 Å². The van der Waals surface area contributed by atoms with Crippen LogP contribution in [-0.4, -0.2) is 36.9 Å². The van der Waals surface area contributed by atoms with Crippen molar-refractivity contribution in [1.82, 2.24) is 5.32 Å². The number of amides is 1. The van der Waals surface area contributed by atoms with Gasteiger partial charge in [0.1, 0.15) is 0 Å². The summed E-state index contributed by atoms with van der Waals surface area (Å²) in [6, 6.07) is 0. The van der Waals surface area contributed by atoms with E-state index in [4.69, 9.17) is 9.84 Å². The Morgan fingerprint density at radius 3 is 2.86 bits per heavy atom. The molecule has 0 aromatic carbocycles. The van der Waals surface area contributed by atoms with Crippen molar-refractivity contribution in [1.29, 1.82) is 0 Å². The van der Waals surface area contributed by atoms with E-state index in [1.54, 1.807) is 0 Å². The number of rotatable bonds is 4. The topological polar surface area (TPSA) is 58.6 Å². The van der Waals surface area contributed by atoms with Crippen molar-refractivity contribution in [3.63, 3.8) is 0 Å². The van der Waals surface area contributed by atoms with E-state index in [0.29, 0.717) is 6.54 Å². The molecule has 1 aliphatic carbocycles. The number of carbonyl (C=O) groups is 1. The highest BCUT2D eigenvalue weighted by molar-refractivity contribution is 5.85. The molecule has 80 valence electrons. The van der Waals surface area contributed by atoms with Crippen LogP contribution in [0, 0.1) is 5.41 Å². The largest absolute Gasteiger partial charge is 0.395 e. The van der Waals surface area contributed by atoms with E-state index in [1.165, 1.54) is 0 Å². The highest BCUT2D eigenvalue weighted by atomic mass is 16.5. The highest BCUT2D eigenvalue weighted by Gasteiger charge is 2.49. The van der Waals surface area contributed by atoms with E-state index in [0.717, 1.165) is 32.3 Å². The van der Waals surface area contributed by atoms with Gasteiger partial charge < -0.3 is 15.2 Å². The molecule has 0 bridgehead atoms. The zero-order chi connectivity index (χ0) is 10.0. The maximum absolute atomic E-state index is 11.6. The standard InChI is InChI=1S/C10H17NO3/c12-7-10(3-4-10)9(13)11-6-8-2-1-5-14-8/h8,12H,1-7H2,(H,11,13). The van der Waals surface area contributed by atoms with Crippen LogP contribution < -0.4 is 5.32 Å². The van der Waals surface area contributed by atoms with Crippen molar-refractivity contribution in [2.45, 2.75) is 31.8 Å². The molecular weight excluding hydrogens is 182 g/mol. The first-order chi connectivity index (χ1) is 6.77. The number of hydrogen-bond donors (Lipinski definition) is 2. The van der Waals surface area contributed by atoms with Crippen molar-refractivity contribution < 1.29 is 14.6 Å². The fourth-order valence-electron chi connectivity index (χ4n) is 1.81. The summed E-state index contributed by atoms with van der Waals surface area (Å²) in [5.41, 5.74) is -0.446. The fraction of sp³-hybridized carbons (Fsp3) is 0.900. The predicted octanol–water partition coefficient (Wildman–Crippen LogP) is 0.0541. The first-order valence-corrected chi connectivity index (χ1v) is 5.28. The number of aliphatic hydroxyl groups excluding tert-OH is 1. The number of nitrogens with one attached hydrogen (secondary N) is 1. The Balaban J connectivity index is 1.72. The Kier molecular flexibility index (Phi) is 2.74. The van der Waals surface area contributed by atoms with Gasteiger partial charge in [0.25, 0.3) is 0 Å². The van der Waals surface area contributed by atoms with Crippen LogP contribution in [0.15, 0.2) is 0 Å². The maximum Gasteiger partial charge on any atom is 0.228 e. The van der Waals surface area contributed by atoms with Crippen LogP contribution >= 0.6 is 0 Å². The summed E-state index contributed by atoms with van der Waals surface area (Å²) in [6.45, 7) is 1.39. The Morgan fingerprint density at radius 2 is 2.36 bits per heavy atom. The third-order valence-corrected chi connectivity index (χ3v) is 3.15. The van der Waals surface area contributed by atoms with Crippen molar-refractivity contribution >= 4 is 5.91 Å². The van der Waals surface area contributed by atoms with Crippen LogP contribution in [-0.2, 0) is 9.53 Å². The van der Waals surface area contributed by atoms with Gasteiger partial charge in [0.05, 0.1) is 18.1 Å². The van der Waals surface area contributed by atoms with Gasteiger partial charge in [-0.05, 0) is 25.7 Å². The van der Waals surface area contributed by atoms with Crippen LogP contribution in [0.5, 0.6) is 0 Å². The van der Waals surface area contributed by atoms with Crippen LogP contribution in [0.1, 0.15) is 25.7 Å². The third kappa shape index (κ3) is 1.91. The summed E-state index contributed by atoms with van der Waals surface area (Å²) < 4.78 is 5.39. The van der Waals surface area contributed by atoms with Gasteiger partial charge in [-0.2, -0.15) is 0 Å². The number of ether oxygens (including phenoxy) is 1. The second-order valence-corrected chi connectivity index (χ2v) is 4.28. The third-order valence-electron chi connectivity index (χ3n) is 3.15. The van der Waals surface area contributed by atoms with Crippen molar-refractivity contribution in [3.05, 3.63) is 0 Å². The number of carbonyl (C=O) groups excluding carboxylic acids is 1. The van der Waals surface area contributed by atoms with Gasteiger partial charge in [0.15, 0.2) is 0 Å². The molecule has 0 radical (unpaired) electrons. The lowest BCUT2D eigenvalue weighted by atomic mass is 10.1. The average molecular weight is 199 g/mol. The molecule has 4 nitrogen and oxygen atoms in total. The lowest BCUT2D eigenvalue weighted by Crippen LogP contribution is -2.38. The Labute approximate surface area is 83.6 Å². The van der Waals surface area contributed by atoms with E-state index in [9.17, 15) is 4.79 Å². The molecule has 1 unspecified atom stereocenters. The van der Waals surface area contributed by atoms with E-state index in [1.807, 2.05) is 0 Å². The molecular formula is C10H17NO3. The second-order valence-electron chi connectivity index (χ2n) is 4.28. The predicted molar refractivity (Wildman–Crippen MR) is 50.7 cm³/mol. The molecule has 1 heterocycles. The monoisotopic (exact) mass is 199 g/mol. The van der Waals surface area contributed by atoms with Gasteiger partial charge in [-0.25, -0.2) is 0 Å². The lowest BCUT2D eigenvalue weighted by Gasteiger charge is -2.15. The van der Waals surface area contributed by atoms with Crippen LogP contribution in [0.4, 0.5) is 0 Å². The zero-order valence-corrected chi connectivity index (χ0v) is 8.29. The van der Waals surface area contributed by atoms with Gasteiger partial charge in [0.2, 0.25) is 5.91 Å². The molecule has 4 heteroatoms. The average Bonchev–Trinajstić information content (AvgIpc) is 2.84. The molecule has 0 aromatic rings. The molecule has 0 spiro atoms. The lowest BCUT2D eigenvalue weighted by molar-refractivity contribution is -0.128. The van der Waals surface area contributed by atoms with Crippen LogP contribution in [0.25, 0.3) is 0 Å². The first kappa shape index (κ1) is 9.93. The summed E-state index contributed by atoms with van der Waals surface area (Å²) in [6.07, 6.45) is 3.95. The molecule has 1 saturated carbocycles. The van der Waals surface area contributed by atoms with E-state index >= 15 is 0 Å². The van der Waals surface area contributed by atoms with Crippen molar-refractivity contribution in [2.75, 3.05) is 19.8 Å². The van der Waals surface area contributed by atoms with E-state index in [-0.39, 0.29) is 18.6 Å². The minimum Gasteiger partial charge on any atom is -0.395 e. The summed E-state index contributed by atoms with van der Waals surface area (Å²) in [7, 11) is 0. The van der Waals surface area contributed by atoms with E-state index < -0.39 is 5.41 Å². The summed E-state index contributed by atoms with van der Waals surface area (Å²) in [5.74, 6) is -0.00417. The summed E-state index contributed by atoms with van der Waals surface area (Å²) >= 11 is 0. The van der Waals surface area contributed by atoms with Gasteiger partial charge in [-0.15, -0.1) is 0 Å². The number of hydrogen-bond acceptors (Lipinski definition) is 3. The molecule has 2 aliphatic rings. The first-order valence-electron chi connectivity index (χ1n) is 5.28. The van der Waals surface area contributed by atoms with Crippen molar-refractivity contribution in [2.24, 2.45) is 5.41 Å². The molecule has 1 atom stereocenters. The van der Waals surface area contributed by atoms with Crippen molar-refractivity contribution in [3.8, 4) is 0 Å². The smallest absolute Gasteiger partial charge is 0.228 e. The molecule has 2 rings (SSSR count). The Hall–Kier alpha value is -0.610. The molecule has 0 aromatic heterocycles. The minimum atomic E-state index is -0.446. The SMILES string of the molecule is O=C(NCC1CCCO1)C1(CO)CC1. The van der Waals surface area contributed by atoms with Gasteiger partial charge in [0, 0.05) is 13.2 Å². The maximum atomic E-state index is 11.6. The summed E-state index contributed by atoms with van der Waals surface area (Å²) in [5, 5.41) is 11.9. The van der Waals surface area contributed by atoms with Crippen LogP contribution in [0.3, 0.4) is 0 Å². The second kappa shape index (κ2) is 3.87. The molecule has 1 saturated heterocycles. The molecule has 1 amide bonds. The molecule has 2 fully saturated rings. The highest BCUT2D eigenvalue weighted by Crippen LogP contribution is 2.45. The van der Waals surface area contributed by atoms with Crippen LogP contribution in [0.2, 0.25) is 0 Å². The Bertz CT molecular complexity index is 219. The molecule has 1 aliphatic heterocycles. The minimum absolute atomic E-state index is 0.00417. The molecule has 14 heavy (non-hydrogen) atoms. The van der Waals surface area contributed by atoms with Gasteiger partial charge in [-0.3, -0.25) is 4.79 Å². The quantitative estimate of drug-likeness (QED) is 0.673. The number of aliphatic hydroxyl groups is 1. The fourth-order valence-corrected chi connectivity index (χ4v) is 1.81.